The Hall–Kier alpha value is -2.66. The summed E-state index contributed by atoms with van der Waals surface area (Å²) in [6, 6.07) is 16.4. The maximum atomic E-state index is 4.84. The zero-order valence-corrected chi connectivity index (χ0v) is 14.3. The van der Waals surface area contributed by atoms with Crippen LogP contribution in [0.25, 0.3) is 10.9 Å². The van der Waals surface area contributed by atoms with E-state index in [9.17, 15) is 0 Å². The number of aryl methyl sites for hydroxylation is 2. The summed E-state index contributed by atoms with van der Waals surface area (Å²) in [7, 11) is 0. The molecule has 0 atom stereocenters. The topological polar surface area (TPSA) is 49.6 Å². The van der Waals surface area contributed by atoms with Gasteiger partial charge >= 0.3 is 0 Å². The molecule has 1 N–H and O–H groups in total. The van der Waals surface area contributed by atoms with E-state index < -0.39 is 0 Å². The molecule has 1 aliphatic heterocycles. The minimum Gasteiger partial charge on any atom is -0.255 e. The molecule has 0 bridgehead atoms. The molecule has 3 aromatic rings. The number of amidine groups is 1. The van der Waals surface area contributed by atoms with E-state index in [1.165, 1.54) is 17.3 Å². The van der Waals surface area contributed by atoms with E-state index in [0.717, 1.165) is 37.9 Å². The van der Waals surface area contributed by atoms with Gasteiger partial charge in [0.15, 0.2) is 5.17 Å². The third-order valence-electron chi connectivity index (χ3n) is 3.93. The van der Waals surface area contributed by atoms with Crippen LogP contribution in [-0.4, -0.2) is 16.4 Å². The van der Waals surface area contributed by atoms with Crippen LogP contribution >= 0.6 is 11.8 Å². The zero-order chi connectivity index (χ0) is 16.5. The maximum Gasteiger partial charge on any atom is 0.188 e. The second-order valence-electron chi connectivity index (χ2n) is 5.70. The van der Waals surface area contributed by atoms with Gasteiger partial charge in [-0.05, 0) is 48.9 Å². The summed E-state index contributed by atoms with van der Waals surface area (Å²) in [5.41, 5.74) is 8.27. The zero-order valence-electron chi connectivity index (χ0n) is 13.4. The van der Waals surface area contributed by atoms with E-state index in [1.54, 1.807) is 6.21 Å². The molecule has 24 heavy (non-hydrogen) atoms. The Kier molecular flexibility index (Phi) is 3.78. The standard InChI is InChI=1S/C19H16N4S/c1-12-6-3-4-9-16(12)21-19-23-20-11-15-10-14-8-5-7-13(2)17(14)22-18(15)24-19/h3-11H,1-2H3,(H,21,23). The number of para-hydroxylation sites is 2. The minimum atomic E-state index is 0.722. The first-order valence-electron chi connectivity index (χ1n) is 7.72. The fourth-order valence-corrected chi connectivity index (χ4v) is 3.43. The first-order valence-corrected chi connectivity index (χ1v) is 8.54. The normalized spacial score (nSPS) is 15.2. The molecular formula is C19H16N4S. The summed E-state index contributed by atoms with van der Waals surface area (Å²) in [6.07, 6.45) is 1.80. The molecule has 2 aromatic carbocycles. The highest BCUT2D eigenvalue weighted by Crippen LogP contribution is 2.29. The first kappa shape index (κ1) is 14.9. The number of benzene rings is 2. The van der Waals surface area contributed by atoms with Crippen LogP contribution in [0.3, 0.4) is 0 Å². The van der Waals surface area contributed by atoms with E-state index in [1.807, 2.05) is 31.2 Å². The van der Waals surface area contributed by atoms with Crippen molar-refractivity contribution < 1.29 is 0 Å². The number of pyridine rings is 1. The Bertz CT molecular complexity index is 992. The lowest BCUT2D eigenvalue weighted by Crippen LogP contribution is -2.11. The molecule has 4 nitrogen and oxygen atoms in total. The van der Waals surface area contributed by atoms with Gasteiger partial charge in [-0.2, -0.15) is 5.10 Å². The lowest BCUT2D eigenvalue weighted by atomic mass is 10.1. The van der Waals surface area contributed by atoms with Crippen molar-refractivity contribution in [2.24, 2.45) is 10.1 Å². The Morgan fingerprint density at radius 3 is 2.71 bits per heavy atom. The van der Waals surface area contributed by atoms with E-state index in [-0.39, 0.29) is 0 Å². The van der Waals surface area contributed by atoms with Crippen molar-refractivity contribution >= 4 is 39.7 Å². The lowest BCUT2D eigenvalue weighted by Gasteiger charge is -2.07. The van der Waals surface area contributed by atoms with Crippen molar-refractivity contribution in [1.29, 1.82) is 0 Å². The summed E-state index contributed by atoms with van der Waals surface area (Å²) >= 11 is 1.51. The van der Waals surface area contributed by atoms with Gasteiger partial charge in [-0.15, -0.1) is 0 Å². The van der Waals surface area contributed by atoms with Gasteiger partial charge < -0.3 is 0 Å². The number of hydrogen-bond acceptors (Lipinski definition) is 4. The minimum absolute atomic E-state index is 0.722. The van der Waals surface area contributed by atoms with Gasteiger partial charge in [-0.25, -0.2) is 9.98 Å². The van der Waals surface area contributed by atoms with Gasteiger partial charge in [-0.3, -0.25) is 5.43 Å². The van der Waals surface area contributed by atoms with Crippen LogP contribution in [0.1, 0.15) is 16.7 Å². The molecule has 0 spiro atoms. The molecule has 118 valence electrons. The van der Waals surface area contributed by atoms with Crippen molar-refractivity contribution in [2.45, 2.75) is 18.9 Å². The number of rotatable bonds is 1. The molecule has 0 saturated carbocycles. The quantitative estimate of drug-likeness (QED) is 0.710. The van der Waals surface area contributed by atoms with Gasteiger partial charge in [0.1, 0.15) is 5.03 Å². The van der Waals surface area contributed by atoms with Crippen molar-refractivity contribution in [3.63, 3.8) is 0 Å². The SMILES string of the molecule is Cc1ccccc1N=C1NN=Cc2cc3cccc(C)c3nc2S1. The van der Waals surface area contributed by atoms with Crippen LogP contribution in [0.5, 0.6) is 0 Å². The van der Waals surface area contributed by atoms with Crippen molar-refractivity contribution in [3.05, 3.63) is 65.2 Å². The Morgan fingerprint density at radius 2 is 1.83 bits per heavy atom. The second-order valence-corrected chi connectivity index (χ2v) is 6.68. The number of fused-ring (bicyclic) bond motifs is 2. The predicted molar refractivity (Wildman–Crippen MR) is 101 cm³/mol. The monoisotopic (exact) mass is 332 g/mol. The van der Waals surface area contributed by atoms with E-state index in [2.05, 4.69) is 41.7 Å². The van der Waals surface area contributed by atoms with Gasteiger partial charge in [0.05, 0.1) is 17.4 Å². The van der Waals surface area contributed by atoms with Crippen LogP contribution in [0.4, 0.5) is 5.69 Å². The van der Waals surface area contributed by atoms with Gasteiger partial charge in [0, 0.05) is 10.9 Å². The Balaban J connectivity index is 1.79. The highest BCUT2D eigenvalue weighted by Gasteiger charge is 2.14. The first-order chi connectivity index (χ1) is 11.7. The largest absolute Gasteiger partial charge is 0.255 e. The van der Waals surface area contributed by atoms with Crippen LogP contribution in [0, 0.1) is 13.8 Å². The molecule has 2 heterocycles. The van der Waals surface area contributed by atoms with Crippen LogP contribution in [-0.2, 0) is 0 Å². The molecule has 0 radical (unpaired) electrons. The summed E-state index contributed by atoms with van der Waals surface area (Å²) in [4.78, 5) is 9.53. The van der Waals surface area contributed by atoms with Crippen LogP contribution in [0.15, 0.2) is 63.7 Å². The fraction of sp³-hybridized carbons (Fsp3) is 0.105. The number of hydrogen-bond donors (Lipinski definition) is 1. The molecular weight excluding hydrogens is 316 g/mol. The molecule has 0 amide bonds. The summed E-state index contributed by atoms with van der Waals surface area (Å²) in [6.45, 7) is 4.13. The molecule has 0 unspecified atom stereocenters. The van der Waals surface area contributed by atoms with Crippen molar-refractivity contribution in [2.75, 3.05) is 0 Å². The number of thioether (sulfide) groups is 1. The third-order valence-corrected chi connectivity index (χ3v) is 4.83. The fourth-order valence-electron chi connectivity index (χ4n) is 2.64. The second kappa shape index (κ2) is 6.09. The molecule has 0 aliphatic carbocycles. The van der Waals surface area contributed by atoms with Crippen molar-refractivity contribution in [1.82, 2.24) is 10.4 Å². The summed E-state index contributed by atoms with van der Waals surface area (Å²) in [5.74, 6) is 0. The smallest absolute Gasteiger partial charge is 0.188 e. The maximum absolute atomic E-state index is 4.84. The van der Waals surface area contributed by atoms with Gasteiger partial charge in [-0.1, -0.05) is 36.4 Å². The van der Waals surface area contributed by atoms with Crippen LogP contribution in [0.2, 0.25) is 0 Å². The molecule has 0 saturated heterocycles. The van der Waals surface area contributed by atoms with Gasteiger partial charge in [0.2, 0.25) is 0 Å². The number of nitrogens with zero attached hydrogens (tertiary/aromatic N) is 3. The predicted octanol–water partition coefficient (Wildman–Crippen LogP) is 4.57. The summed E-state index contributed by atoms with van der Waals surface area (Å²) in [5, 5.41) is 7.04. The number of aromatic nitrogens is 1. The summed E-state index contributed by atoms with van der Waals surface area (Å²) < 4.78 is 0. The van der Waals surface area contributed by atoms with E-state index in [4.69, 9.17) is 9.98 Å². The van der Waals surface area contributed by atoms with Crippen LogP contribution < -0.4 is 5.43 Å². The molecule has 5 heteroatoms. The third kappa shape index (κ3) is 2.78. The number of hydrazone groups is 1. The highest BCUT2D eigenvalue weighted by molar-refractivity contribution is 8.13. The number of nitrogens with one attached hydrogen (secondary N) is 1. The Labute approximate surface area is 144 Å². The average molecular weight is 332 g/mol. The molecule has 1 aromatic heterocycles. The van der Waals surface area contributed by atoms with Gasteiger partial charge in [0.25, 0.3) is 0 Å². The molecule has 1 aliphatic rings. The Morgan fingerprint density at radius 1 is 1.00 bits per heavy atom. The average Bonchev–Trinajstić information content (AvgIpc) is 2.77. The number of aliphatic imine (C=N–C) groups is 1. The van der Waals surface area contributed by atoms with E-state index in [0.29, 0.717) is 0 Å². The van der Waals surface area contributed by atoms with E-state index >= 15 is 0 Å². The molecule has 4 rings (SSSR count). The van der Waals surface area contributed by atoms with Crippen molar-refractivity contribution in [3.8, 4) is 0 Å². The molecule has 0 fully saturated rings. The highest BCUT2D eigenvalue weighted by atomic mass is 32.2. The lowest BCUT2D eigenvalue weighted by molar-refractivity contribution is 1.05.